The Morgan fingerprint density at radius 3 is 3.05 bits per heavy atom. The molecule has 1 N–H and O–H groups in total. The van der Waals surface area contributed by atoms with Crippen LogP contribution < -0.4 is 5.32 Å². The summed E-state index contributed by atoms with van der Waals surface area (Å²) in [5.41, 5.74) is 0.212. The molecule has 0 aromatic carbocycles. The molecule has 0 saturated carbocycles. The summed E-state index contributed by atoms with van der Waals surface area (Å²) in [4.78, 5) is 2.45. The average Bonchev–Trinajstić information content (AvgIpc) is 2.85. The first-order chi connectivity index (χ1) is 9.15. The Morgan fingerprint density at radius 1 is 1.53 bits per heavy atom. The van der Waals surface area contributed by atoms with Crippen molar-refractivity contribution in [3.8, 4) is 0 Å². The molecule has 0 bridgehead atoms. The van der Waals surface area contributed by atoms with Gasteiger partial charge in [-0.25, -0.2) is 0 Å². The number of likely N-dealkylation sites (N-methyl/N-ethyl adjacent to an activating group) is 1. The van der Waals surface area contributed by atoms with E-state index in [0.29, 0.717) is 12.1 Å². The Morgan fingerprint density at radius 2 is 2.37 bits per heavy atom. The molecular formula is C15H30N2OS. The Labute approximate surface area is 122 Å². The van der Waals surface area contributed by atoms with Crippen LogP contribution in [-0.4, -0.2) is 60.8 Å². The zero-order valence-corrected chi connectivity index (χ0v) is 13.6. The maximum atomic E-state index is 6.07. The molecule has 0 radical (unpaired) electrons. The molecule has 2 aliphatic rings. The number of rotatable bonds is 6. The van der Waals surface area contributed by atoms with Gasteiger partial charge in [0.15, 0.2) is 0 Å². The summed E-state index contributed by atoms with van der Waals surface area (Å²) in [6.45, 7) is 7.76. The van der Waals surface area contributed by atoms with E-state index in [1.54, 1.807) is 0 Å². The molecule has 2 aliphatic heterocycles. The van der Waals surface area contributed by atoms with Gasteiger partial charge in [0.25, 0.3) is 0 Å². The highest BCUT2D eigenvalue weighted by molar-refractivity contribution is 7.99. The van der Waals surface area contributed by atoms with E-state index < -0.39 is 0 Å². The molecule has 3 nitrogen and oxygen atoms in total. The smallest absolute Gasteiger partial charge is 0.0795 e. The minimum Gasteiger partial charge on any atom is -0.374 e. The van der Waals surface area contributed by atoms with Crippen LogP contribution in [0.4, 0.5) is 0 Å². The average molecular weight is 286 g/mol. The summed E-state index contributed by atoms with van der Waals surface area (Å²) in [6, 6.07) is 1.35. The summed E-state index contributed by atoms with van der Waals surface area (Å²) in [5, 5.41) is 3.75. The van der Waals surface area contributed by atoms with Crippen LogP contribution in [0.5, 0.6) is 0 Å². The molecule has 112 valence electrons. The van der Waals surface area contributed by atoms with Gasteiger partial charge in [-0.1, -0.05) is 6.92 Å². The second kappa shape index (κ2) is 7.30. The van der Waals surface area contributed by atoms with Crippen molar-refractivity contribution in [3.63, 3.8) is 0 Å². The molecule has 4 heteroatoms. The van der Waals surface area contributed by atoms with E-state index in [1.807, 2.05) is 0 Å². The lowest BCUT2D eigenvalue weighted by atomic mass is 9.90. The van der Waals surface area contributed by atoms with E-state index >= 15 is 0 Å². The number of thioether (sulfide) groups is 1. The molecular weight excluding hydrogens is 256 g/mol. The third-order valence-corrected chi connectivity index (χ3v) is 6.02. The Kier molecular flexibility index (Phi) is 6.00. The van der Waals surface area contributed by atoms with Gasteiger partial charge in [-0.15, -0.1) is 0 Å². The first-order valence-corrected chi connectivity index (χ1v) is 8.96. The highest BCUT2D eigenvalue weighted by Gasteiger charge is 2.40. The summed E-state index contributed by atoms with van der Waals surface area (Å²) < 4.78 is 6.07. The predicted molar refractivity (Wildman–Crippen MR) is 84.0 cm³/mol. The standard InChI is InChI=1S/C15H30N2OS/c1-4-13(2)17(3)8-7-16-14-5-9-18-15(11-14)6-10-19-12-15/h13-14,16H,4-12H2,1-3H3. The molecule has 2 heterocycles. The molecule has 2 rings (SSSR count). The van der Waals surface area contributed by atoms with Crippen LogP contribution in [0.3, 0.4) is 0 Å². The van der Waals surface area contributed by atoms with Crippen molar-refractivity contribution < 1.29 is 4.74 Å². The molecule has 1 spiro atoms. The summed E-state index contributed by atoms with van der Waals surface area (Å²) in [5.74, 6) is 2.49. The van der Waals surface area contributed by atoms with Crippen LogP contribution in [0.25, 0.3) is 0 Å². The van der Waals surface area contributed by atoms with Crippen molar-refractivity contribution in [3.05, 3.63) is 0 Å². The van der Waals surface area contributed by atoms with Gasteiger partial charge >= 0.3 is 0 Å². The number of hydrogen-bond donors (Lipinski definition) is 1. The lowest BCUT2D eigenvalue weighted by molar-refractivity contribution is -0.0701. The van der Waals surface area contributed by atoms with Gasteiger partial charge in [0.1, 0.15) is 0 Å². The fraction of sp³-hybridized carbons (Fsp3) is 1.00. The quantitative estimate of drug-likeness (QED) is 0.810. The van der Waals surface area contributed by atoms with Crippen molar-refractivity contribution in [2.24, 2.45) is 0 Å². The molecule has 2 fully saturated rings. The zero-order valence-electron chi connectivity index (χ0n) is 12.8. The lowest BCUT2D eigenvalue weighted by Crippen LogP contribution is -2.48. The normalized spacial score (nSPS) is 33.2. The van der Waals surface area contributed by atoms with Crippen LogP contribution in [0.15, 0.2) is 0 Å². The van der Waals surface area contributed by atoms with Crippen molar-refractivity contribution in [2.75, 3.05) is 38.2 Å². The first kappa shape index (κ1) is 15.6. The lowest BCUT2D eigenvalue weighted by Gasteiger charge is -2.38. The first-order valence-electron chi connectivity index (χ1n) is 7.80. The van der Waals surface area contributed by atoms with Gasteiger partial charge in [-0.2, -0.15) is 11.8 Å². The summed E-state index contributed by atoms with van der Waals surface area (Å²) >= 11 is 2.06. The van der Waals surface area contributed by atoms with E-state index in [1.165, 1.54) is 37.2 Å². The van der Waals surface area contributed by atoms with E-state index in [-0.39, 0.29) is 5.60 Å². The minimum atomic E-state index is 0.212. The Balaban J connectivity index is 1.68. The fourth-order valence-electron chi connectivity index (χ4n) is 3.04. The fourth-order valence-corrected chi connectivity index (χ4v) is 4.42. The Hall–Kier alpha value is 0.230. The SMILES string of the molecule is CCC(C)N(C)CCNC1CCOC2(CCSC2)C1. The highest BCUT2D eigenvalue weighted by atomic mass is 32.2. The largest absolute Gasteiger partial charge is 0.374 e. The molecule has 0 aromatic heterocycles. The monoisotopic (exact) mass is 286 g/mol. The maximum Gasteiger partial charge on any atom is 0.0795 e. The van der Waals surface area contributed by atoms with Gasteiger partial charge < -0.3 is 15.0 Å². The van der Waals surface area contributed by atoms with E-state index in [4.69, 9.17) is 4.74 Å². The highest BCUT2D eigenvalue weighted by Crippen LogP contribution is 2.38. The van der Waals surface area contributed by atoms with Gasteiger partial charge in [-0.05, 0) is 45.4 Å². The van der Waals surface area contributed by atoms with Gasteiger partial charge in [-0.3, -0.25) is 0 Å². The predicted octanol–water partition coefficient (Wildman–Crippen LogP) is 2.36. The van der Waals surface area contributed by atoms with Gasteiger partial charge in [0.2, 0.25) is 0 Å². The van der Waals surface area contributed by atoms with Crippen LogP contribution >= 0.6 is 11.8 Å². The van der Waals surface area contributed by atoms with Gasteiger partial charge in [0, 0.05) is 37.5 Å². The number of nitrogens with one attached hydrogen (secondary N) is 1. The molecule has 3 unspecified atom stereocenters. The van der Waals surface area contributed by atoms with Crippen LogP contribution in [0, 0.1) is 0 Å². The van der Waals surface area contributed by atoms with Crippen molar-refractivity contribution >= 4 is 11.8 Å². The number of nitrogens with zero attached hydrogens (tertiary/aromatic N) is 1. The molecule has 2 saturated heterocycles. The summed E-state index contributed by atoms with van der Waals surface area (Å²) in [6.07, 6.45) is 4.88. The van der Waals surface area contributed by atoms with Crippen molar-refractivity contribution in [1.29, 1.82) is 0 Å². The molecule has 0 amide bonds. The number of ether oxygens (including phenoxy) is 1. The van der Waals surface area contributed by atoms with Crippen molar-refractivity contribution in [1.82, 2.24) is 10.2 Å². The van der Waals surface area contributed by atoms with Crippen LogP contribution in [-0.2, 0) is 4.74 Å². The van der Waals surface area contributed by atoms with Gasteiger partial charge in [0.05, 0.1) is 5.60 Å². The molecule has 0 aliphatic carbocycles. The van der Waals surface area contributed by atoms with Crippen LogP contribution in [0.2, 0.25) is 0 Å². The van der Waals surface area contributed by atoms with Crippen molar-refractivity contribution in [2.45, 2.75) is 57.2 Å². The third-order valence-electron chi connectivity index (χ3n) is 4.80. The van der Waals surface area contributed by atoms with E-state index in [2.05, 4.69) is 42.9 Å². The number of hydrogen-bond acceptors (Lipinski definition) is 4. The van der Waals surface area contributed by atoms with Crippen LogP contribution in [0.1, 0.15) is 39.5 Å². The zero-order chi connectivity index (χ0) is 13.7. The minimum absolute atomic E-state index is 0.212. The Bertz CT molecular complexity index is 269. The summed E-state index contributed by atoms with van der Waals surface area (Å²) in [7, 11) is 2.23. The molecule has 0 aromatic rings. The third kappa shape index (κ3) is 4.35. The molecule has 3 atom stereocenters. The maximum absolute atomic E-state index is 6.07. The van der Waals surface area contributed by atoms with E-state index in [9.17, 15) is 0 Å². The second-order valence-corrected chi connectivity index (χ2v) is 7.32. The molecule has 19 heavy (non-hydrogen) atoms. The topological polar surface area (TPSA) is 24.5 Å². The second-order valence-electron chi connectivity index (χ2n) is 6.22. The van der Waals surface area contributed by atoms with E-state index in [0.717, 1.165) is 19.7 Å².